The quantitative estimate of drug-likeness (QED) is 0.113. The van der Waals surface area contributed by atoms with Crippen molar-refractivity contribution in [2.24, 2.45) is 11.8 Å². The predicted octanol–water partition coefficient (Wildman–Crippen LogP) is 7.52. The molecule has 0 aromatic heterocycles. The maximum absolute atomic E-state index is 12.5. The number of carbonyl (C=O) groups excluding carboxylic acids is 2. The Morgan fingerprint density at radius 2 is 1.32 bits per heavy atom. The van der Waals surface area contributed by atoms with Crippen molar-refractivity contribution < 1.29 is 56.2 Å². The Bertz CT molecular complexity index is 1370. The number of piperidine rings is 2. The van der Waals surface area contributed by atoms with Gasteiger partial charge in [0.2, 0.25) is 0 Å². The number of alkyl halides is 1. The minimum Gasteiger partial charge on any atom is -0.469 e. The number of allylic oxidation sites excluding steroid dienone is 1. The molecule has 4 saturated heterocycles. The van der Waals surface area contributed by atoms with E-state index >= 15 is 0 Å². The van der Waals surface area contributed by atoms with Crippen LogP contribution in [0.15, 0.2) is 70.8 Å². The first-order valence-electron chi connectivity index (χ1n) is 16.3. The molecular formula is C37H44ClFIN2O4Y-. The minimum atomic E-state index is -0.438. The van der Waals surface area contributed by atoms with Crippen molar-refractivity contribution >= 4 is 46.1 Å². The summed E-state index contributed by atoms with van der Waals surface area (Å²) in [5.74, 6) is -0.0538. The fourth-order valence-corrected chi connectivity index (χ4v) is 8.93. The van der Waals surface area contributed by atoms with Crippen LogP contribution in [-0.4, -0.2) is 79.9 Å². The normalized spacial score (nSPS) is 30.1. The summed E-state index contributed by atoms with van der Waals surface area (Å²) >= 11 is 8.27. The van der Waals surface area contributed by atoms with Gasteiger partial charge in [-0.2, -0.15) is 35.9 Å². The van der Waals surface area contributed by atoms with E-state index in [0.717, 1.165) is 50.1 Å². The summed E-state index contributed by atoms with van der Waals surface area (Å²) in [5, 5.41) is 0.732. The Hall–Kier alpha value is -1.17. The zero-order valence-electron chi connectivity index (χ0n) is 27.1. The molecule has 4 bridgehead atoms. The second-order valence-corrected chi connectivity index (χ2v) is 13.8. The molecule has 2 aromatic carbocycles. The van der Waals surface area contributed by atoms with Crippen LogP contribution in [0.5, 0.6) is 0 Å². The number of hydrogen-bond donors (Lipinski definition) is 0. The first-order chi connectivity index (χ1) is 22.4. The van der Waals surface area contributed by atoms with Gasteiger partial charge in [-0.1, -0.05) is 64.6 Å². The number of ether oxygens (including phenoxy) is 2. The van der Waals surface area contributed by atoms with Gasteiger partial charge in [-0.05, 0) is 66.2 Å². The summed E-state index contributed by atoms with van der Waals surface area (Å²) < 4.78 is 24.6. The second-order valence-electron chi connectivity index (χ2n) is 12.6. The average molecular weight is 846 g/mol. The first kappa shape index (κ1) is 38.6. The number of nitrogens with zero attached hydrogens (tertiary/aromatic N) is 2. The van der Waals surface area contributed by atoms with Crippen LogP contribution in [0, 0.1) is 17.9 Å². The number of methoxy groups -OCH3 is 2. The van der Waals surface area contributed by atoms with Crippen LogP contribution < -0.4 is 0 Å². The van der Waals surface area contributed by atoms with Gasteiger partial charge in [-0.15, -0.1) is 0 Å². The van der Waals surface area contributed by atoms with E-state index in [-0.39, 0.29) is 80.4 Å². The predicted molar refractivity (Wildman–Crippen MR) is 188 cm³/mol. The maximum atomic E-state index is 12.5. The van der Waals surface area contributed by atoms with Crippen molar-refractivity contribution in [3.63, 3.8) is 0 Å². The van der Waals surface area contributed by atoms with E-state index in [1.54, 1.807) is 6.08 Å². The molecule has 1 radical (unpaired) electrons. The SMILES string of the molecule is COC(=O)C1C(c2cc[c-]cc2)CC2CCC1N2C/C=C/C[18F].COC(=O)C1C(c2ccc(Cl)cc2)CC2CCC1N2C/C=C/[123I].[Y]. The van der Waals surface area contributed by atoms with Gasteiger partial charge in [0.05, 0.1) is 26.1 Å². The third kappa shape index (κ3) is 8.96. The van der Waals surface area contributed by atoms with Crippen molar-refractivity contribution in [1.29, 1.82) is 0 Å². The molecule has 8 atom stereocenters. The molecule has 0 aliphatic carbocycles. The Labute approximate surface area is 322 Å². The zero-order chi connectivity index (χ0) is 32.6. The van der Waals surface area contributed by atoms with E-state index in [4.69, 9.17) is 21.1 Å². The molecule has 251 valence electrons. The first-order valence-corrected chi connectivity index (χ1v) is 17.9. The summed E-state index contributed by atoms with van der Waals surface area (Å²) in [6, 6.07) is 20.4. The smallest absolute Gasteiger partial charge is 0.310 e. The molecule has 0 spiro atoms. The molecule has 4 heterocycles. The standard InChI is InChI=1S/C19H23FNO2.C18H21ClINO2.Y/c1-23-19(22)18-16(14-7-3-2-4-8-14)13-15-9-10-17(18)21(15)12-6-5-11-20;1-23-18(22)17-15(12-3-5-13(19)6-4-12)11-14-7-8-16(17)21(14)10-2-9-20;/h3-8,15-18H,9-13H2,1H3;2-6,9,14-17H,7-8,10-11H2,1H3;/q-1;;/b6-5+;9-2+;/i20-1;20-4;. The van der Waals surface area contributed by atoms with Crippen molar-refractivity contribution in [3.05, 3.63) is 93.1 Å². The molecule has 0 N–H and O–H groups in total. The Balaban J connectivity index is 0.000000208. The molecule has 4 aliphatic rings. The van der Waals surface area contributed by atoms with Crippen LogP contribution in [0.25, 0.3) is 0 Å². The zero-order valence-corrected chi connectivity index (χ0v) is 32.9. The monoisotopic (exact) mass is 845 g/mol. The van der Waals surface area contributed by atoms with Crippen molar-refractivity contribution in [1.82, 2.24) is 9.80 Å². The Morgan fingerprint density at radius 3 is 1.79 bits per heavy atom. The molecule has 4 aliphatic heterocycles. The van der Waals surface area contributed by atoms with Crippen molar-refractivity contribution in [3.8, 4) is 0 Å². The van der Waals surface area contributed by atoms with E-state index in [0.29, 0.717) is 18.6 Å². The molecule has 4 fully saturated rings. The second kappa shape index (κ2) is 18.7. The van der Waals surface area contributed by atoms with Gasteiger partial charge in [0.25, 0.3) is 0 Å². The van der Waals surface area contributed by atoms with Gasteiger partial charge >= 0.3 is 11.9 Å². The number of hydrogen-bond acceptors (Lipinski definition) is 6. The van der Waals surface area contributed by atoms with Crippen LogP contribution in [0.1, 0.15) is 61.5 Å². The van der Waals surface area contributed by atoms with Crippen LogP contribution >= 0.6 is 34.2 Å². The molecule has 6 rings (SSSR count). The van der Waals surface area contributed by atoms with E-state index < -0.39 is 6.67 Å². The molecule has 6 nitrogen and oxygen atoms in total. The molecule has 8 unspecified atom stereocenters. The van der Waals surface area contributed by atoms with Gasteiger partial charge in [0.15, 0.2) is 0 Å². The van der Waals surface area contributed by atoms with Gasteiger partial charge in [-0.3, -0.25) is 19.4 Å². The summed E-state index contributed by atoms with van der Waals surface area (Å²) in [6.07, 6.45) is 11.9. The van der Waals surface area contributed by atoms with Crippen LogP contribution in [0.4, 0.5) is 4.39 Å². The number of fused-ring (bicyclic) bond motifs is 4. The fraction of sp³-hybridized carbons (Fsp3) is 0.514. The number of rotatable bonds is 9. The van der Waals surface area contributed by atoms with Crippen molar-refractivity contribution in [2.75, 3.05) is 34.0 Å². The summed E-state index contributed by atoms with van der Waals surface area (Å²) in [7, 11) is 2.96. The summed E-state index contributed by atoms with van der Waals surface area (Å²) in [6.45, 7) is 1.19. The number of benzene rings is 2. The number of halogens is 3. The van der Waals surface area contributed by atoms with E-state index in [2.05, 4.69) is 72.9 Å². The molecule has 2 aromatic rings. The van der Waals surface area contributed by atoms with E-state index in [1.165, 1.54) is 25.3 Å². The van der Waals surface area contributed by atoms with Gasteiger partial charge in [-0.25, -0.2) is 4.39 Å². The Kier molecular flexibility index (Phi) is 15.4. The third-order valence-electron chi connectivity index (χ3n) is 10.5. The maximum Gasteiger partial charge on any atom is 0.310 e. The summed E-state index contributed by atoms with van der Waals surface area (Å²) in [4.78, 5) is 29.9. The third-order valence-corrected chi connectivity index (χ3v) is 11.3. The van der Waals surface area contributed by atoms with Crippen molar-refractivity contribution in [2.45, 2.75) is 74.5 Å². The van der Waals surface area contributed by atoms with Crippen LogP contribution in [-0.2, 0) is 51.8 Å². The molecule has 0 saturated carbocycles. The van der Waals surface area contributed by atoms with Gasteiger partial charge < -0.3 is 9.47 Å². The topological polar surface area (TPSA) is 59.1 Å². The largest absolute Gasteiger partial charge is 0.469 e. The van der Waals surface area contributed by atoms with E-state index in [1.807, 2.05) is 30.3 Å². The fourth-order valence-electron chi connectivity index (χ4n) is 8.57. The Morgan fingerprint density at radius 1 is 0.830 bits per heavy atom. The molecule has 47 heavy (non-hydrogen) atoms. The van der Waals surface area contributed by atoms with Gasteiger partial charge in [0, 0.05) is 80.9 Å². The molecule has 10 heteroatoms. The number of carbonyl (C=O) groups is 2. The minimum absolute atomic E-state index is 0. The number of esters is 2. The molecule has 0 amide bonds. The van der Waals surface area contributed by atoms with Crippen LogP contribution in [0.3, 0.4) is 0 Å². The summed E-state index contributed by atoms with van der Waals surface area (Å²) in [5.41, 5.74) is 2.39. The van der Waals surface area contributed by atoms with Crippen LogP contribution in [0.2, 0.25) is 5.02 Å². The average Bonchev–Trinajstić information content (AvgIpc) is 3.52. The molecular weight excluding hydrogens is 802 g/mol. The van der Waals surface area contributed by atoms with E-state index in [9.17, 15) is 14.0 Å². The van der Waals surface area contributed by atoms with Gasteiger partial charge in [0.1, 0.15) is 6.67 Å².